The van der Waals surface area contributed by atoms with Gasteiger partial charge in [0.25, 0.3) is 0 Å². The highest BCUT2D eigenvalue weighted by Crippen LogP contribution is 2.25. The van der Waals surface area contributed by atoms with Crippen LogP contribution in [0.15, 0.2) is 96.0 Å². The van der Waals surface area contributed by atoms with E-state index in [1.807, 2.05) is 66.7 Å². The van der Waals surface area contributed by atoms with Crippen molar-refractivity contribution >= 4 is 40.4 Å². The molecule has 13 heteroatoms. The topological polar surface area (TPSA) is 175 Å². The zero-order valence-corrected chi connectivity index (χ0v) is 30.3. The van der Waals surface area contributed by atoms with E-state index in [2.05, 4.69) is 20.9 Å². The SMILES string of the molecule is CNC(=O)[C@H](Cc1ccc2ccccc2c1)N1CCN(C(=O)[C@@H](Cc2ccc(F)cc2)NC(=O)C2Cc3ccccc3CN2)[C@@H](CCCN=C(N)N)C1=O. The second-order valence-electron chi connectivity index (χ2n) is 13.8. The Morgan fingerprint density at radius 1 is 0.907 bits per heavy atom. The van der Waals surface area contributed by atoms with Crippen LogP contribution in [0, 0.1) is 5.82 Å². The lowest BCUT2D eigenvalue weighted by molar-refractivity contribution is -0.157. The molecule has 4 aromatic rings. The average molecular weight is 735 g/mol. The molecule has 282 valence electrons. The maximum Gasteiger partial charge on any atom is 0.246 e. The van der Waals surface area contributed by atoms with E-state index in [9.17, 15) is 23.6 Å². The molecule has 2 aliphatic heterocycles. The first-order chi connectivity index (χ1) is 26.1. The number of carbonyl (C=O) groups excluding carboxylic acids is 4. The molecule has 1 saturated heterocycles. The van der Waals surface area contributed by atoms with E-state index in [-0.39, 0.29) is 62.6 Å². The van der Waals surface area contributed by atoms with Gasteiger partial charge >= 0.3 is 0 Å². The van der Waals surface area contributed by atoms with Crippen LogP contribution in [0.25, 0.3) is 10.8 Å². The van der Waals surface area contributed by atoms with Crippen LogP contribution in [0.5, 0.6) is 0 Å². The second kappa shape index (κ2) is 17.3. The summed E-state index contributed by atoms with van der Waals surface area (Å²) in [4.78, 5) is 63.6. The van der Waals surface area contributed by atoms with E-state index in [0.717, 1.165) is 27.5 Å². The Morgan fingerprint density at radius 2 is 1.61 bits per heavy atom. The van der Waals surface area contributed by atoms with Crippen LogP contribution in [0.1, 0.15) is 35.1 Å². The maximum absolute atomic E-state index is 14.7. The normalized spacial score (nSPS) is 18.0. The Bertz CT molecular complexity index is 2020. The number of halogens is 1. The van der Waals surface area contributed by atoms with E-state index >= 15 is 0 Å². The molecule has 0 bridgehead atoms. The molecule has 0 radical (unpaired) electrons. The van der Waals surface area contributed by atoms with Crippen molar-refractivity contribution in [3.05, 3.63) is 119 Å². The van der Waals surface area contributed by atoms with Crippen molar-refractivity contribution < 1.29 is 23.6 Å². The molecule has 0 aliphatic carbocycles. The lowest BCUT2D eigenvalue weighted by Crippen LogP contribution is -2.66. The van der Waals surface area contributed by atoms with Crippen LogP contribution >= 0.6 is 0 Å². The van der Waals surface area contributed by atoms with Crippen molar-refractivity contribution in [3.8, 4) is 0 Å². The van der Waals surface area contributed by atoms with Crippen LogP contribution in [0.2, 0.25) is 0 Å². The monoisotopic (exact) mass is 734 g/mol. The molecule has 4 aromatic carbocycles. The van der Waals surface area contributed by atoms with Crippen molar-refractivity contribution in [3.63, 3.8) is 0 Å². The third kappa shape index (κ3) is 9.03. The van der Waals surface area contributed by atoms with Gasteiger partial charge in [-0.2, -0.15) is 0 Å². The standard InChI is InChI=1S/C41H47FN8O4/c1-45-38(52)36(23-27-12-15-28-7-2-3-8-29(28)21-27)50-20-19-49(35(40(50)54)11-6-18-46-41(43)44)39(53)34(22-26-13-16-32(42)17-14-26)48-37(51)33-24-30-9-4-5-10-31(30)25-47-33/h2-5,7-10,12-17,21,33-36,47H,6,11,18-20,22-25H2,1H3,(H,45,52)(H,48,51)(H4,43,44,46)/t33?,34-,35+,36+/m1/s1. The lowest BCUT2D eigenvalue weighted by Gasteiger charge is -2.44. The number of benzene rings is 4. The third-order valence-electron chi connectivity index (χ3n) is 10.3. The van der Waals surface area contributed by atoms with Gasteiger partial charge in [-0.05, 0) is 64.4 Å². The summed E-state index contributed by atoms with van der Waals surface area (Å²) in [6.45, 7) is 0.950. The second-order valence-corrected chi connectivity index (χ2v) is 13.8. The Balaban J connectivity index is 1.27. The number of nitrogens with zero attached hydrogens (tertiary/aromatic N) is 3. The highest BCUT2D eigenvalue weighted by atomic mass is 19.1. The molecule has 0 saturated carbocycles. The summed E-state index contributed by atoms with van der Waals surface area (Å²) in [6.07, 6.45) is 1.38. The summed E-state index contributed by atoms with van der Waals surface area (Å²) in [5, 5.41) is 11.1. The molecule has 0 aromatic heterocycles. The zero-order valence-electron chi connectivity index (χ0n) is 30.3. The summed E-state index contributed by atoms with van der Waals surface area (Å²) in [7, 11) is 1.54. The van der Waals surface area contributed by atoms with E-state index in [4.69, 9.17) is 11.5 Å². The van der Waals surface area contributed by atoms with Crippen molar-refractivity contribution in [1.29, 1.82) is 0 Å². The molecular formula is C41H47FN8O4. The van der Waals surface area contributed by atoms with Crippen molar-refractivity contribution in [2.75, 3.05) is 26.7 Å². The van der Waals surface area contributed by atoms with Gasteiger partial charge in [0.05, 0.1) is 6.04 Å². The predicted octanol–water partition coefficient (Wildman–Crippen LogP) is 2.17. The summed E-state index contributed by atoms with van der Waals surface area (Å²) in [5.41, 5.74) is 14.8. The average Bonchev–Trinajstić information content (AvgIpc) is 3.18. The minimum atomic E-state index is -1.06. The lowest BCUT2D eigenvalue weighted by atomic mass is 9.94. The van der Waals surface area contributed by atoms with Gasteiger partial charge in [-0.25, -0.2) is 4.39 Å². The first-order valence-electron chi connectivity index (χ1n) is 18.3. The molecule has 1 unspecified atom stereocenters. The summed E-state index contributed by atoms with van der Waals surface area (Å²) < 4.78 is 13.9. The number of nitrogens with one attached hydrogen (secondary N) is 3. The van der Waals surface area contributed by atoms with Gasteiger partial charge in [-0.1, -0.05) is 78.9 Å². The number of carbonyl (C=O) groups is 4. The van der Waals surface area contributed by atoms with Crippen LogP contribution in [0.3, 0.4) is 0 Å². The number of rotatable bonds is 13. The number of hydrogen-bond acceptors (Lipinski definition) is 6. The maximum atomic E-state index is 14.7. The number of aliphatic imine (C=N–C) groups is 1. The summed E-state index contributed by atoms with van der Waals surface area (Å²) in [6, 6.07) is 24.1. The van der Waals surface area contributed by atoms with E-state index < -0.39 is 35.9 Å². The molecule has 2 aliphatic rings. The van der Waals surface area contributed by atoms with Gasteiger partial charge in [0.2, 0.25) is 23.6 Å². The fraction of sp³-hybridized carbons (Fsp3) is 0.341. The van der Waals surface area contributed by atoms with Gasteiger partial charge in [-0.3, -0.25) is 24.2 Å². The number of guanidine groups is 1. The van der Waals surface area contributed by atoms with Gasteiger partial charge in [0.15, 0.2) is 5.96 Å². The van der Waals surface area contributed by atoms with Crippen molar-refractivity contribution in [2.45, 2.75) is 62.8 Å². The number of amides is 4. The minimum Gasteiger partial charge on any atom is -0.370 e. The number of likely N-dealkylation sites (N-methyl/N-ethyl adjacent to an activating group) is 1. The number of fused-ring (bicyclic) bond motifs is 2. The summed E-state index contributed by atoms with van der Waals surface area (Å²) >= 11 is 0. The van der Waals surface area contributed by atoms with Crippen LogP contribution < -0.4 is 27.4 Å². The van der Waals surface area contributed by atoms with Crippen LogP contribution in [-0.2, 0) is 45.0 Å². The molecule has 0 spiro atoms. The van der Waals surface area contributed by atoms with E-state index in [0.29, 0.717) is 24.9 Å². The highest BCUT2D eigenvalue weighted by Gasteiger charge is 2.43. The minimum absolute atomic E-state index is 0.0755. The Hall–Kier alpha value is -5.82. The van der Waals surface area contributed by atoms with Gasteiger partial charge in [0, 0.05) is 46.1 Å². The zero-order chi connectivity index (χ0) is 38.2. The molecule has 12 nitrogen and oxygen atoms in total. The quantitative estimate of drug-likeness (QED) is 0.0795. The molecular weight excluding hydrogens is 688 g/mol. The van der Waals surface area contributed by atoms with Gasteiger partial charge in [0.1, 0.15) is 23.9 Å². The molecule has 6 rings (SSSR count). The van der Waals surface area contributed by atoms with Crippen molar-refractivity contribution in [1.82, 2.24) is 25.8 Å². The fourth-order valence-corrected chi connectivity index (χ4v) is 7.42. The van der Waals surface area contributed by atoms with Gasteiger partial charge in [-0.15, -0.1) is 0 Å². The number of hydrogen-bond donors (Lipinski definition) is 5. The van der Waals surface area contributed by atoms with Crippen LogP contribution in [0.4, 0.5) is 4.39 Å². The van der Waals surface area contributed by atoms with Crippen LogP contribution in [-0.4, -0.2) is 90.2 Å². The molecule has 54 heavy (non-hydrogen) atoms. The molecule has 4 amide bonds. The summed E-state index contributed by atoms with van der Waals surface area (Å²) in [5.74, 6) is -2.02. The Labute approximate surface area is 314 Å². The predicted molar refractivity (Wildman–Crippen MR) is 205 cm³/mol. The highest BCUT2D eigenvalue weighted by molar-refractivity contribution is 5.96. The first kappa shape index (κ1) is 37.9. The molecule has 1 fully saturated rings. The van der Waals surface area contributed by atoms with Gasteiger partial charge < -0.3 is 37.2 Å². The fourth-order valence-electron chi connectivity index (χ4n) is 7.42. The molecule has 2 heterocycles. The third-order valence-corrected chi connectivity index (χ3v) is 10.3. The molecule has 4 atom stereocenters. The smallest absolute Gasteiger partial charge is 0.246 e. The van der Waals surface area contributed by atoms with E-state index in [1.54, 1.807) is 17.0 Å². The Morgan fingerprint density at radius 3 is 2.35 bits per heavy atom. The Kier molecular flexibility index (Phi) is 12.2. The first-order valence-corrected chi connectivity index (χ1v) is 18.3. The van der Waals surface area contributed by atoms with E-state index in [1.165, 1.54) is 24.1 Å². The largest absolute Gasteiger partial charge is 0.370 e. The number of piperazine rings is 1. The van der Waals surface area contributed by atoms with Crippen molar-refractivity contribution in [2.24, 2.45) is 16.5 Å². The molecule has 7 N–H and O–H groups in total. The number of nitrogens with two attached hydrogens (primary N) is 2.